The van der Waals surface area contributed by atoms with Crippen molar-refractivity contribution in [2.75, 3.05) is 0 Å². The Labute approximate surface area is 139 Å². The van der Waals surface area contributed by atoms with Gasteiger partial charge in [0.15, 0.2) is 0 Å². The number of hydrogen-bond acceptors (Lipinski definition) is 0. The van der Waals surface area contributed by atoms with Crippen LogP contribution in [0, 0.1) is 0 Å². The third kappa shape index (κ3) is 14.3. The third-order valence-corrected chi connectivity index (χ3v) is 2.75. The van der Waals surface area contributed by atoms with Crippen LogP contribution in [0.1, 0.15) is 51.4 Å². The van der Waals surface area contributed by atoms with Crippen molar-refractivity contribution in [3.05, 3.63) is 48.6 Å². The molecular weight excluding hydrogens is 577 g/mol. The van der Waals surface area contributed by atoms with Gasteiger partial charge in [-0.15, -0.1) is 0 Å². The second kappa shape index (κ2) is 17.3. The molecule has 18 heavy (non-hydrogen) atoms. The molecule has 0 amide bonds. The van der Waals surface area contributed by atoms with Crippen molar-refractivity contribution in [1.29, 1.82) is 0 Å². The fourth-order valence-corrected chi connectivity index (χ4v) is 1.75. The van der Waals surface area contributed by atoms with Crippen LogP contribution in [0.5, 0.6) is 0 Å². The normalized spacial score (nSPS) is 17.8. The van der Waals surface area contributed by atoms with E-state index in [0.29, 0.717) is 0 Å². The molecule has 0 N–H and O–H groups in total. The maximum Gasteiger partial charge on any atom is 0 e. The summed E-state index contributed by atoms with van der Waals surface area (Å²) < 4.78 is 0. The molecule has 2 heteroatoms. The van der Waals surface area contributed by atoms with Crippen LogP contribution in [0.15, 0.2) is 48.6 Å². The maximum atomic E-state index is 2.23. The van der Waals surface area contributed by atoms with Crippen LogP contribution in [-0.2, 0) is 40.2 Å². The standard InChI is InChI=1S/2C8H12.2Ir/c2*1-2-4-6-8-7-5-3-1;;/h2*1-4H,5-8H2;;. The second-order valence-corrected chi connectivity index (χ2v) is 4.28. The molecule has 106 valence electrons. The van der Waals surface area contributed by atoms with Gasteiger partial charge in [-0.05, 0) is 51.4 Å². The second-order valence-electron chi connectivity index (χ2n) is 4.28. The first-order chi connectivity index (χ1) is 8.00. The molecule has 2 rings (SSSR count). The van der Waals surface area contributed by atoms with E-state index in [9.17, 15) is 0 Å². The van der Waals surface area contributed by atoms with Gasteiger partial charge >= 0.3 is 0 Å². The van der Waals surface area contributed by atoms with Gasteiger partial charge in [0.1, 0.15) is 0 Å². The van der Waals surface area contributed by atoms with Crippen LogP contribution in [0.25, 0.3) is 0 Å². The van der Waals surface area contributed by atoms with E-state index < -0.39 is 0 Å². The summed E-state index contributed by atoms with van der Waals surface area (Å²) in [6.45, 7) is 0. The van der Waals surface area contributed by atoms with Gasteiger partial charge in [-0.2, -0.15) is 0 Å². The van der Waals surface area contributed by atoms with Gasteiger partial charge in [-0.3, -0.25) is 0 Å². The first kappa shape index (κ1) is 20.6. The van der Waals surface area contributed by atoms with E-state index in [1.165, 1.54) is 51.4 Å². The summed E-state index contributed by atoms with van der Waals surface area (Å²) in [5.41, 5.74) is 0. The van der Waals surface area contributed by atoms with Crippen molar-refractivity contribution in [3.63, 3.8) is 0 Å². The average Bonchev–Trinajstić information content (AvgIpc) is 2.15. The molecule has 0 aromatic heterocycles. The van der Waals surface area contributed by atoms with Crippen molar-refractivity contribution in [3.8, 4) is 0 Å². The van der Waals surface area contributed by atoms with Gasteiger partial charge in [-0.25, -0.2) is 0 Å². The molecule has 2 radical (unpaired) electrons. The third-order valence-electron chi connectivity index (χ3n) is 2.75. The van der Waals surface area contributed by atoms with Crippen LogP contribution in [0.4, 0.5) is 0 Å². The summed E-state index contributed by atoms with van der Waals surface area (Å²) >= 11 is 0. The van der Waals surface area contributed by atoms with Crippen molar-refractivity contribution >= 4 is 0 Å². The zero-order valence-electron chi connectivity index (χ0n) is 10.9. The van der Waals surface area contributed by atoms with E-state index in [4.69, 9.17) is 0 Å². The molecule has 0 fully saturated rings. The number of hydrogen-bond donors (Lipinski definition) is 0. The molecule has 0 unspecified atom stereocenters. The minimum atomic E-state index is 0. The van der Waals surface area contributed by atoms with Crippen LogP contribution < -0.4 is 0 Å². The molecule has 0 nitrogen and oxygen atoms in total. The van der Waals surface area contributed by atoms with Crippen molar-refractivity contribution in [1.82, 2.24) is 0 Å². The van der Waals surface area contributed by atoms with Gasteiger partial charge in [0, 0.05) is 40.2 Å². The zero-order valence-corrected chi connectivity index (χ0v) is 15.7. The molecule has 0 saturated heterocycles. The first-order valence-corrected chi connectivity index (χ1v) is 6.63. The van der Waals surface area contributed by atoms with Gasteiger partial charge in [0.05, 0.1) is 0 Å². The predicted molar refractivity (Wildman–Crippen MR) is 73.5 cm³/mol. The zero-order chi connectivity index (χ0) is 11.3. The Balaban J connectivity index is 0. The smallest absolute Gasteiger partial charge is 0 e. The maximum absolute atomic E-state index is 2.23. The van der Waals surface area contributed by atoms with E-state index in [1.807, 2.05) is 0 Å². The Kier molecular flexibility index (Phi) is 19.7. The van der Waals surface area contributed by atoms with Gasteiger partial charge in [0.2, 0.25) is 0 Å². The van der Waals surface area contributed by atoms with Crippen molar-refractivity contribution < 1.29 is 40.2 Å². The quantitative estimate of drug-likeness (QED) is 0.352. The Hall–Kier alpha value is 0.259. The fraction of sp³-hybridized carbons (Fsp3) is 0.500. The minimum absolute atomic E-state index is 0. The van der Waals surface area contributed by atoms with Crippen LogP contribution in [-0.4, -0.2) is 0 Å². The van der Waals surface area contributed by atoms with E-state index in [-0.39, 0.29) is 40.2 Å². The Morgan fingerprint density at radius 3 is 0.833 bits per heavy atom. The summed E-state index contributed by atoms with van der Waals surface area (Å²) in [4.78, 5) is 0. The molecule has 0 spiro atoms. The average molecular weight is 601 g/mol. The largest absolute Gasteiger partial charge is 0.0845 e. The van der Waals surface area contributed by atoms with Crippen molar-refractivity contribution in [2.24, 2.45) is 0 Å². The SMILES string of the molecule is C1=CCCCCC=C1.C1=CCCCCC=C1.[Ir].[Ir]. The Morgan fingerprint density at radius 1 is 0.389 bits per heavy atom. The molecule has 0 atom stereocenters. The molecule has 0 bridgehead atoms. The van der Waals surface area contributed by atoms with Gasteiger partial charge in [-0.1, -0.05) is 48.6 Å². The monoisotopic (exact) mass is 602 g/mol. The summed E-state index contributed by atoms with van der Waals surface area (Å²) in [6, 6.07) is 0. The van der Waals surface area contributed by atoms with E-state index in [2.05, 4.69) is 48.6 Å². The summed E-state index contributed by atoms with van der Waals surface area (Å²) in [7, 11) is 0. The molecule has 0 saturated carbocycles. The van der Waals surface area contributed by atoms with Crippen molar-refractivity contribution in [2.45, 2.75) is 51.4 Å². The molecular formula is C16H24Ir2. The Morgan fingerprint density at radius 2 is 0.611 bits per heavy atom. The van der Waals surface area contributed by atoms with Crippen LogP contribution >= 0.6 is 0 Å². The summed E-state index contributed by atoms with van der Waals surface area (Å²) in [5.74, 6) is 0. The first-order valence-electron chi connectivity index (χ1n) is 6.63. The number of rotatable bonds is 0. The predicted octanol–water partition coefficient (Wildman–Crippen LogP) is 5.34. The molecule has 0 heterocycles. The molecule has 0 aliphatic heterocycles. The topological polar surface area (TPSA) is 0 Å². The Bertz CT molecular complexity index is 206. The summed E-state index contributed by atoms with van der Waals surface area (Å²) in [6.07, 6.45) is 28.0. The minimum Gasteiger partial charge on any atom is -0.0845 e. The van der Waals surface area contributed by atoms with Crippen LogP contribution in [0.2, 0.25) is 0 Å². The molecule has 0 aromatic rings. The molecule has 2 aliphatic carbocycles. The van der Waals surface area contributed by atoms with Gasteiger partial charge in [0.25, 0.3) is 0 Å². The van der Waals surface area contributed by atoms with E-state index in [0.717, 1.165) is 0 Å². The van der Waals surface area contributed by atoms with E-state index >= 15 is 0 Å². The number of allylic oxidation sites excluding steroid dienone is 8. The molecule has 2 aliphatic rings. The molecule has 0 aromatic carbocycles. The van der Waals surface area contributed by atoms with E-state index in [1.54, 1.807) is 0 Å². The van der Waals surface area contributed by atoms with Gasteiger partial charge < -0.3 is 0 Å². The fourth-order valence-electron chi connectivity index (χ4n) is 1.75. The summed E-state index contributed by atoms with van der Waals surface area (Å²) in [5, 5.41) is 0. The van der Waals surface area contributed by atoms with Crippen LogP contribution in [0.3, 0.4) is 0 Å².